The Hall–Kier alpha value is -1.88. The lowest BCUT2D eigenvalue weighted by molar-refractivity contribution is 0.244. The number of hydrogen-bond acceptors (Lipinski definition) is 3. The molecule has 0 saturated carbocycles. The maximum absolute atomic E-state index is 11.4. The molecular formula is C15H22N4O. The average molecular weight is 274 g/mol. The Kier molecular flexibility index (Phi) is 4.74. The Morgan fingerprint density at radius 3 is 2.95 bits per heavy atom. The van der Waals surface area contributed by atoms with E-state index >= 15 is 0 Å². The van der Waals surface area contributed by atoms with Gasteiger partial charge in [0.25, 0.3) is 0 Å². The third kappa shape index (κ3) is 3.81. The van der Waals surface area contributed by atoms with E-state index < -0.39 is 0 Å². The Labute approximate surface area is 119 Å². The predicted octanol–water partition coefficient (Wildman–Crippen LogP) is 1.44. The summed E-state index contributed by atoms with van der Waals surface area (Å²) in [7, 11) is 2.08. The van der Waals surface area contributed by atoms with Crippen molar-refractivity contribution in [3.05, 3.63) is 52.5 Å². The van der Waals surface area contributed by atoms with Gasteiger partial charge in [-0.15, -0.1) is 0 Å². The Balaban J connectivity index is 1.87. The van der Waals surface area contributed by atoms with Gasteiger partial charge in [0.1, 0.15) is 0 Å². The summed E-state index contributed by atoms with van der Waals surface area (Å²) in [6.45, 7) is 5.80. The molecule has 20 heavy (non-hydrogen) atoms. The van der Waals surface area contributed by atoms with E-state index in [4.69, 9.17) is 0 Å². The quantitative estimate of drug-likeness (QED) is 0.867. The zero-order valence-electron chi connectivity index (χ0n) is 12.3. The molecule has 0 bridgehead atoms. The van der Waals surface area contributed by atoms with Crippen LogP contribution in [0.1, 0.15) is 18.2 Å². The normalized spacial score (nSPS) is 12.8. The number of nitrogens with one attached hydrogen (secondary N) is 1. The fourth-order valence-electron chi connectivity index (χ4n) is 2.18. The first-order chi connectivity index (χ1) is 9.56. The molecule has 0 aromatic carbocycles. The molecule has 2 aromatic rings. The second-order valence-electron chi connectivity index (χ2n) is 5.32. The number of aromatic nitrogens is 3. The molecule has 2 heterocycles. The van der Waals surface area contributed by atoms with E-state index in [1.807, 2.05) is 12.3 Å². The monoisotopic (exact) mass is 274 g/mol. The zero-order valence-corrected chi connectivity index (χ0v) is 12.3. The highest BCUT2D eigenvalue weighted by atomic mass is 16.1. The lowest BCUT2D eigenvalue weighted by atomic mass is 10.1. The van der Waals surface area contributed by atoms with Crippen LogP contribution in [0.15, 0.2) is 35.5 Å². The SMILES string of the molecule is Cc1ccnc(C[C@@H](C)N(C)CCn2cc[nH]c2=O)c1. The van der Waals surface area contributed by atoms with Crippen LogP contribution in [-0.2, 0) is 13.0 Å². The molecule has 0 radical (unpaired) electrons. The van der Waals surface area contributed by atoms with Gasteiger partial charge in [0.05, 0.1) is 0 Å². The van der Waals surface area contributed by atoms with Gasteiger partial charge in [-0.1, -0.05) is 0 Å². The van der Waals surface area contributed by atoms with Crippen LogP contribution >= 0.6 is 0 Å². The lowest BCUT2D eigenvalue weighted by Crippen LogP contribution is -2.35. The van der Waals surface area contributed by atoms with Crippen LogP contribution in [0.4, 0.5) is 0 Å². The van der Waals surface area contributed by atoms with Crippen molar-refractivity contribution in [3.8, 4) is 0 Å². The van der Waals surface area contributed by atoms with Gasteiger partial charge in [-0.3, -0.25) is 9.55 Å². The second kappa shape index (κ2) is 6.52. The molecule has 1 atom stereocenters. The number of likely N-dealkylation sites (N-methyl/N-ethyl adjacent to an activating group) is 1. The van der Waals surface area contributed by atoms with Crippen molar-refractivity contribution in [1.29, 1.82) is 0 Å². The number of hydrogen-bond donors (Lipinski definition) is 1. The van der Waals surface area contributed by atoms with Crippen molar-refractivity contribution in [2.45, 2.75) is 32.9 Å². The first kappa shape index (κ1) is 14.5. The lowest BCUT2D eigenvalue weighted by Gasteiger charge is -2.24. The summed E-state index contributed by atoms with van der Waals surface area (Å²) in [4.78, 5) is 20.7. The maximum Gasteiger partial charge on any atom is 0.325 e. The molecule has 5 nitrogen and oxygen atoms in total. The van der Waals surface area contributed by atoms with Gasteiger partial charge in [-0.25, -0.2) is 4.79 Å². The highest BCUT2D eigenvalue weighted by Crippen LogP contribution is 2.07. The molecular weight excluding hydrogens is 252 g/mol. The summed E-state index contributed by atoms with van der Waals surface area (Å²) in [5.41, 5.74) is 2.30. The summed E-state index contributed by atoms with van der Waals surface area (Å²) in [5.74, 6) is 0. The predicted molar refractivity (Wildman–Crippen MR) is 79.8 cm³/mol. The van der Waals surface area contributed by atoms with Crippen LogP contribution in [0.3, 0.4) is 0 Å². The molecule has 0 aliphatic heterocycles. The number of aryl methyl sites for hydroxylation is 1. The molecule has 2 rings (SSSR count). The van der Waals surface area contributed by atoms with Crippen molar-refractivity contribution in [2.24, 2.45) is 0 Å². The van der Waals surface area contributed by atoms with Gasteiger partial charge < -0.3 is 9.88 Å². The maximum atomic E-state index is 11.4. The molecule has 0 unspecified atom stereocenters. The van der Waals surface area contributed by atoms with Gasteiger partial charge in [0.15, 0.2) is 0 Å². The fraction of sp³-hybridized carbons (Fsp3) is 0.467. The highest BCUT2D eigenvalue weighted by Gasteiger charge is 2.11. The van der Waals surface area contributed by atoms with Crippen molar-refractivity contribution in [3.63, 3.8) is 0 Å². The minimum atomic E-state index is -0.0496. The summed E-state index contributed by atoms with van der Waals surface area (Å²) in [6.07, 6.45) is 6.22. The van der Waals surface area contributed by atoms with E-state index in [2.05, 4.69) is 41.8 Å². The van der Waals surface area contributed by atoms with Crippen LogP contribution in [0.25, 0.3) is 0 Å². The van der Waals surface area contributed by atoms with Gasteiger partial charge in [0, 0.05) is 49.8 Å². The highest BCUT2D eigenvalue weighted by molar-refractivity contribution is 5.15. The Morgan fingerprint density at radius 1 is 1.50 bits per heavy atom. The van der Waals surface area contributed by atoms with Crippen molar-refractivity contribution < 1.29 is 0 Å². The summed E-state index contributed by atoms with van der Waals surface area (Å²) in [6, 6.07) is 4.52. The first-order valence-corrected chi connectivity index (χ1v) is 6.92. The zero-order chi connectivity index (χ0) is 14.5. The molecule has 1 N–H and O–H groups in total. The molecule has 108 valence electrons. The number of aromatic amines is 1. The molecule has 5 heteroatoms. The molecule has 0 amide bonds. The van der Waals surface area contributed by atoms with E-state index in [1.165, 1.54) is 5.56 Å². The minimum Gasteiger partial charge on any atom is -0.313 e. The standard InChI is InChI=1S/C15H22N4O/c1-12-4-5-16-14(10-12)11-13(2)18(3)8-9-19-7-6-17-15(19)20/h4-7,10,13H,8-9,11H2,1-3H3,(H,17,20)/t13-/m1/s1. The van der Waals surface area contributed by atoms with Gasteiger partial charge in [-0.05, 0) is 38.6 Å². The van der Waals surface area contributed by atoms with Crippen LogP contribution in [0.2, 0.25) is 0 Å². The van der Waals surface area contributed by atoms with Crippen LogP contribution in [0.5, 0.6) is 0 Å². The largest absolute Gasteiger partial charge is 0.325 e. The van der Waals surface area contributed by atoms with E-state index in [-0.39, 0.29) is 5.69 Å². The van der Waals surface area contributed by atoms with Crippen LogP contribution in [-0.4, -0.2) is 39.1 Å². The summed E-state index contributed by atoms with van der Waals surface area (Å²) < 4.78 is 1.69. The van der Waals surface area contributed by atoms with Gasteiger partial charge >= 0.3 is 5.69 Å². The summed E-state index contributed by atoms with van der Waals surface area (Å²) in [5, 5.41) is 0. The second-order valence-corrected chi connectivity index (χ2v) is 5.32. The molecule has 2 aromatic heterocycles. The number of imidazole rings is 1. The fourth-order valence-corrected chi connectivity index (χ4v) is 2.18. The molecule has 0 aliphatic carbocycles. The van der Waals surface area contributed by atoms with Crippen molar-refractivity contribution in [1.82, 2.24) is 19.4 Å². The van der Waals surface area contributed by atoms with E-state index in [0.717, 1.165) is 18.7 Å². The van der Waals surface area contributed by atoms with Crippen LogP contribution < -0.4 is 5.69 Å². The summed E-state index contributed by atoms with van der Waals surface area (Å²) >= 11 is 0. The number of pyridine rings is 1. The topological polar surface area (TPSA) is 53.9 Å². The Morgan fingerprint density at radius 2 is 2.30 bits per heavy atom. The molecule has 0 saturated heterocycles. The third-order valence-electron chi connectivity index (χ3n) is 3.64. The number of rotatable bonds is 6. The van der Waals surface area contributed by atoms with E-state index in [1.54, 1.807) is 17.0 Å². The average Bonchev–Trinajstić information content (AvgIpc) is 2.81. The molecule has 0 aliphatic rings. The third-order valence-corrected chi connectivity index (χ3v) is 3.64. The van der Waals surface area contributed by atoms with Crippen molar-refractivity contribution >= 4 is 0 Å². The van der Waals surface area contributed by atoms with Gasteiger partial charge in [-0.2, -0.15) is 0 Å². The minimum absolute atomic E-state index is 0.0496. The molecule has 0 spiro atoms. The Bertz CT molecular complexity index is 602. The smallest absolute Gasteiger partial charge is 0.313 e. The van der Waals surface area contributed by atoms with Crippen LogP contribution in [0, 0.1) is 6.92 Å². The van der Waals surface area contributed by atoms with Gasteiger partial charge in [0.2, 0.25) is 0 Å². The molecule has 0 fully saturated rings. The van der Waals surface area contributed by atoms with E-state index in [0.29, 0.717) is 12.6 Å². The number of H-pyrrole nitrogens is 1. The number of nitrogens with zero attached hydrogens (tertiary/aromatic N) is 3. The van der Waals surface area contributed by atoms with E-state index in [9.17, 15) is 4.79 Å². The van der Waals surface area contributed by atoms with Crippen molar-refractivity contribution in [2.75, 3.05) is 13.6 Å². The first-order valence-electron chi connectivity index (χ1n) is 6.92.